The van der Waals surface area contributed by atoms with Crippen molar-refractivity contribution in [1.82, 2.24) is 9.78 Å². The predicted octanol–water partition coefficient (Wildman–Crippen LogP) is 4.88. The lowest BCUT2D eigenvalue weighted by atomic mass is 9.86. The van der Waals surface area contributed by atoms with Gasteiger partial charge in [0.2, 0.25) is 0 Å². The minimum absolute atomic E-state index is 0.675. The van der Waals surface area contributed by atoms with Crippen LogP contribution in [-0.2, 0) is 6.42 Å². The summed E-state index contributed by atoms with van der Waals surface area (Å²) in [5.41, 5.74) is 1.31. The number of aromatic nitrogens is 2. The molecule has 0 radical (unpaired) electrons. The molecule has 0 saturated heterocycles. The van der Waals surface area contributed by atoms with Crippen LogP contribution in [0.15, 0.2) is 12.3 Å². The van der Waals surface area contributed by atoms with Gasteiger partial charge in [0.15, 0.2) is 0 Å². The zero-order valence-electron chi connectivity index (χ0n) is 11.7. The van der Waals surface area contributed by atoms with Gasteiger partial charge in [0.25, 0.3) is 0 Å². The van der Waals surface area contributed by atoms with Crippen LogP contribution in [0.25, 0.3) is 0 Å². The van der Waals surface area contributed by atoms with E-state index in [1.807, 2.05) is 0 Å². The quantitative estimate of drug-likeness (QED) is 0.724. The summed E-state index contributed by atoms with van der Waals surface area (Å²) >= 11 is 3.86. The predicted molar refractivity (Wildman–Crippen MR) is 82.7 cm³/mol. The van der Waals surface area contributed by atoms with Gasteiger partial charge in [-0.05, 0) is 44.1 Å². The van der Waals surface area contributed by atoms with Gasteiger partial charge in [-0.1, -0.05) is 48.0 Å². The average Bonchev–Trinajstić information content (AvgIpc) is 2.91. The van der Waals surface area contributed by atoms with Crippen LogP contribution in [0.2, 0.25) is 0 Å². The van der Waals surface area contributed by atoms with Crippen molar-refractivity contribution in [1.29, 1.82) is 0 Å². The summed E-state index contributed by atoms with van der Waals surface area (Å²) < 4.78 is 2.25. The number of halogens is 1. The van der Waals surface area contributed by atoms with E-state index in [0.29, 0.717) is 10.9 Å². The molecule has 2 aliphatic carbocycles. The van der Waals surface area contributed by atoms with Crippen molar-refractivity contribution >= 4 is 15.9 Å². The molecule has 2 unspecified atom stereocenters. The van der Waals surface area contributed by atoms with E-state index in [2.05, 4.69) is 32.9 Å². The summed E-state index contributed by atoms with van der Waals surface area (Å²) in [5.74, 6) is 0.795. The minimum Gasteiger partial charge on any atom is -0.269 e. The fourth-order valence-corrected chi connectivity index (χ4v) is 4.47. The molecule has 1 aromatic heterocycles. The normalized spacial score (nSPS) is 29.5. The van der Waals surface area contributed by atoms with E-state index in [9.17, 15) is 0 Å². The molecule has 0 aliphatic heterocycles. The molecule has 2 saturated carbocycles. The summed E-state index contributed by atoms with van der Waals surface area (Å²) in [6.45, 7) is 0. The van der Waals surface area contributed by atoms with Gasteiger partial charge in [-0.15, -0.1) is 0 Å². The van der Waals surface area contributed by atoms with Crippen molar-refractivity contribution in [2.24, 2.45) is 5.92 Å². The highest BCUT2D eigenvalue weighted by molar-refractivity contribution is 9.09. The maximum Gasteiger partial charge on any atom is 0.0627 e. The van der Waals surface area contributed by atoms with Crippen molar-refractivity contribution in [2.75, 3.05) is 0 Å². The largest absolute Gasteiger partial charge is 0.269 e. The Morgan fingerprint density at radius 2 is 1.79 bits per heavy atom. The highest BCUT2D eigenvalue weighted by Crippen LogP contribution is 2.32. The second-order valence-electron chi connectivity index (χ2n) is 6.34. The van der Waals surface area contributed by atoms with E-state index in [1.54, 1.807) is 0 Å². The van der Waals surface area contributed by atoms with E-state index in [-0.39, 0.29) is 0 Å². The summed E-state index contributed by atoms with van der Waals surface area (Å²) in [7, 11) is 0. The first kappa shape index (κ1) is 13.7. The number of hydrogen-bond donors (Lipinski definition) is 0. The van der Waals surface area contributed by atoms with E-state index < -0.39 is 0 Å². The first-order chi connectivity index (χ1) is 9.33. The SMILES string of the molecule is BrC1CCCCC1Cc1ccn(C2CCCCC2)n1. The molecule has 1 aromatic rings. The minimum atomic E-state index is 0.675. The van der Waals surface area contributed by atoms with Crippen LogP contribution in [0.5, 0.6) is 0 Å². The van der Waals surface area contributed by atoms with Crippen LogP contribution in [-0.4, -0.2) is 14.6 Å². The molecule has 106 valence electrons. The van der Waals surface area contributed by atoms with Gasteiger partial charge in [0.05, 0.1) is 11.7 Å². The van der Waals surface area contributed by atoms with Gasteiger partial charge in [0, 0.05) is 11.0 Å². The molecule has 0 N–H and O–H groups in total. The summed E-state index contributed by atoms with van der Waals surface area (Å²) in [6.07, 6.45) is 15.7. The molecular weight excluding hydrogens is 300 g/mol. The monoisotopic (exact) mass is 324 g/mol. The summed E-state index contributed by atoms with van der Waals surface area (Å²) in [5, 5.41) is 4.86. The third-order valence-corrected chi connectivity index (χ3v) is 6.11. The molecule has 2 nitrogen and oxygen atoms in total. The maximum atomic E-state index is 4.86. The zero-order valence-corrected chi connectivity index (χ0v) is 13.3. The highest BCUT2D eigenvalue weighted by atomic mass is 79.9. The van der Waals surface area contributed by atoms with Gasteiger partial charge in [0.1, 0.15) is 0 Å². The molecule has 19 heavy (non-hydrogen) atoms. The Balaban J connectivity index is 1.60. The van der Waals surface area contributed by atoms with Crippen molar-refractivity contribution in [3.8, 4) is 0 Å². The number of rotatable bonds is 3. The second-order valence-corrected chi connectivity index (χ2v) is 7.52. The van der Waals surface area contributed by atoms with Crippen molar-refractivity contribution < 1.29 is 0 Å². The smallest absolute Gasteiger partial charge is 0.0627 e. The Kier molecular flexibility index (Phi) is 4.62. The van der Waals surface area contributed by atoms with Gasteiger partial charge in [-0.25, -0.2) is 0 Å². The lowest BCUT2D eigenvalue weighted by molar-refractivity contribution is 0.324. The molecule has 2 fully saturated rings. The first-order valence-corrected chi connectivity index (χ1v) is 8.92. The van der Waals surface area contributed by atoms with Crippen LogP contribution in [0.4, 0.5) is 0 Å². The third-order valence-electron chi connectivity index (χ3n) is 4.90. The Labute approximate surface area is 125 Å². The van der Waals surface area contributed by atoms with Crippen LogP contribution in [0, 0.1) is 5.92 Å². The molecule has 3 heteroatoms. The molecule has 2 atom stereocenters. The fraction of sp³-hybridized carbons (Fsp3) is 0.812. The Morgan fingerprint density at radius 1 is 1.05 bits per heavy atom. The van der Waals surface area contributed by atoms with Crippen molar-refractivity contribution in [3.63, 3.8) is 0 Å². The molecule has 0 bridgehead atoms. The van der Waals surface area contributed by atoms with Gasteiger partial charge in [-0.3, -0.25) is 4.68 Å². The topological polar surface area (TPSA) is 17.8 Å². The molecule has 1 heterocycles. The standard InChI is InChI=1S/C16H25BrN2/c17-16-9-5-4-6-13(16)12-14-10-11-19(18-14)15-7-2-1-3-8-15/h10-11,13,15-16H,1-9,12H2. The Bertz CT molecular complexity index is 395. The van der Waals surface area contributed by atoms with Gasteiger partial charge >= 0.3 is 0 Å². The van der Waals surface area contributed by atoms with E-state index >= 15 is 0 Å². The summed E-state index contributed by atoms with van der Waals surface area (Å²) in [6, 6.07) is 2.93. The number of alkyl halides is 1. The Morgan fingerprint density at radius 3 is 2.58 bits per heavy atom. The van der Waals surface area contributed by atoms with Crippen LogP contribution >= 0.6 is 15.9 Å². The highest BCUT2D eigenvalue weighted by Gasteiger charge is 2.24. The van der Waals surface area contributed by atoms with Crippen LogP contribution in [0.1, 0.15) is 69.5 Å². The lowest BCUT2D eigenvalue weighted by Crippen LogP contribution is -2.21. The first-order valence-electron chi connectivity index (χ1n) is 8.01. The number of nitrogens with zero attached hydrogens (tertiary/aromatic N) is 2. The van der Waals surface area contributed by atoms with E-state index in [1.165, 1.54) is 63.5 Å². The van der Waals surface area contributed by atoms with Crippen molar-refractivity contribution in [3.05, 3.63) is 18.0 Å². The fourth-order valence-electron chi connectivity index (χ4n) is 3.70. The zero-order chi connectivity index (χ0) is 13.1. The molecule has 0 spiro atoms. The lowest BCUT2D eigenvalue weighted by Gasteiger charge is -2.26. The molecule has 3 rings (SSSR count). The second kappa shape index (κ2) is 6.43. The van der Waals surface area contributed by atoms with Crippen molar-refractivity contribution in [2.45, 2.75) is 75.1 Å². The van der Waals surface area contributed by atoms with Gasteiger partial charge < -0.3 is 0 Å². The molecule has 2 aliphatic rings. The molecule has 0 aromatic carbocycles. The maximum absolute atomic E-state index is 4.86. The number of hydrogen-bond acceptors (Lipinski definition) is 1. The molecular formula is C16H25BrN2. The summed E-state index contributed by atoms with van der Waals surface area (Å²) in [4.78, 5) is 0.709. The van der Waals surface area contributed by atoms with Crippen LogP contribution in [0.3, 0.4) is 0 Å². The third kappa shape index (κ3) is 3.42. The van der Waals surface area contributed by atoms with E-state index in [4.69, 9.17) is 5.10 Å². The average molecular weight is 325 g/mol. The Hall–Kier alpha value is -0.310. The van der Waals surface area contributed by atoms with E-state index in [0.717, 1.165) is 12.3 Å². The molecule has 0 amide bonds. The van der Waals surface area contributed by atoms with Gasteiger partial charge in [-0.2, -0.15) is 5.10 Å². The van der Waals surface area contributed by atoms with Crippen LogP contribution < -0.4 is 0 Å².